The number of nitrogens with two attached hydrogens (primary N) is 1. The molecular formula is C14H14N6O8. The van der Waals surface area contributed by atoms with Crippen molar-refractivity contribution in [1.82, 2.24) is 0 Å². The minimum absolute atomic E-state index is 0.0619. The molecule has 0 aliphatic heterocycles. The number of nitrogens with zero attached hydrogens (tertiary/aromatic N) is 5. The Hall–Kier alpha value is -4.36. The van der Waals surface area contributed by atoms with E-state index in [0.29, 0.717) is 0 Å². The summed E-state index contributed by atoms with van der Waals surface area (Å²) in [5.41, 5.74) is 5.51. The maximum Gasteiger partial charge on any atom is 0.299 e. The lowest BCUT2D eigenvalue weighted by Gasteiger charge is -2.05. The van der Waals surface area contributed by atoms with Crippen molar-refractivity contribution in [3.8, 4) is 0 Å². The zero-order chi connectivity index (χ0) is 21.6. The summed E-state index contributed by atoms with van der Waals surface area (Å²) in [5.74, 6) is 0. The maximum absolute atomic E-state index is 10.4. The number of anilines is 2. The van der Waals surface area contributed by atoms with E-state index in [-0.39, 0.29) is 10.8 Å². The smallest absolute Gasteiger partial charge is 0.299 e. The van der Waals surface area contributed by atoms with Crippen LogP contribution in [0.5, 0.6) is 0 Å². The van der Waals surface area contributed by atoms with E-state index in [1.807, 2.05) is 6.92 Å². The molecule has 28 heavy (non-hydrogen) atoms. The number of nitrogen functional groups attached to an aromatic ring is 1. The van der Waals surface area contributed by atoms with Crippen LogP contribution in [0.15, 0.2) is 36.4 Å². The molecule has 14 nitrogen and oxygen atoms in total. The highest BCUT2D eigenvalue weighted by atomic mass is 16.8. The molecular weight excluding hydrogens is 380 g/mol. The van der Waals surface area contributed by atoms with E-state index in [1.54, 1.807) is 13.0 Å². The number of hydrazine groups is 2. The highest BCUT2D eigenvalue weighted by Gasteiger charge is 2.30. The van der Waals surface area contributed by atoms with Crippen LogP contribution >= 0.6 is 0 Å². The first-order valence-corrected chi connectivity index (χ1v) is 7.30. The number of hydrogen-bond acceptors (Lipinski definition) is 9. The van der Waals surface area contributed by atoms with Gasteiger partial charge in [0.1, 0.15) is 0 Å². The summed E-state index contributed by atoms with van der Waals surface area (Å²) in [6.07, 6.45) is 0. The van der Waals surface area contributed by atoms with Crippen LogP contribution in [0.3, 0.4) is 0 Å². The molecule has 0 fully saturated rings. The summed E-state index contributed by atoms with van der Waals surface area (Å²) in [7, 11) is 0. The van der Waals surface area contributed by atoms with Crippen LogP contribution < -0.4 is 10.9 Å². The van der Waals surface area contributed by atoms with Gasteiger partial charge in [-0.2, -0.15) is 0 Å². The van der Waals surface area contributed by atoms with E-state index in [2.05, 4.69) is 0 Å². The van der Waals surface area contributed by atoms with E-state index in [0.717, 1.165) is 23.3 Å². The molecule has 2 aromatic carbocycles. The first kappa shape index (κ1) is 21.7. The Labute approximate surface area is 156 Å². The van der Waals surface area contributed by atoms with Gasteiger partial charge in [0.05, 0.1) is 9.85 Å². The normalized spacial score (nSPS) is 9.64. The number of hydrogen-bond donors (Lipinski definition) is 1. The van der Waals surface area contributed by atoms with Crippen molar-refractivity contribution in [2.24, 2.45) is 0 Å². The fourth-order valence-electron chi connectivity index (χ4n) is 1.96. The van der Waals surface area contributed by atoms with Crippen LogP contribution in [-0.4, -0.2) is 19.9 Å². The molecule has 0 aliphatic carbocycles. The summed E-state index contributed by atoms with van der Waals surface area (Å²) >= 11 is 0. The van der Waals surface area contributed by atoms with Crippen LogP contribution in [-0.2, 0) is 0 Å². The van der Waals surface area contributed by atoms with Gasteiger partial charge in [-0.15, -0.1) is 0 Å². The molecule has 0 saturated carbocycles. The van der Waals surface area contributed by atoms with Crippen LogP contribution in [0.2, 0.25) is 0 Å². The lowest BCUT2D eigenvalue weighted by atomic mass is 10.1. The molecule has 0 heterocycles. The second-order valence-electron chi connectivity index (χ2n) is 5.26. The minimum Gasteiger partial charge on any atom is -0.388 e. The third kappa shape index (κ3) is 5.07. The maximum atomic E-state index is 10.4. The van der Waals surface area contributed by atoms with Gasteiger partial charge in [-0.1, -0.05) is 6.07 Å². The second-order valence-corrected chi connectivity index (χ2v) is 5.26. The summed E-state index contributed by atoms with van der Waals surface area (Å²) in [4.78, 5) is 39.9. The van der Waals surface area contributed by atoms with Gasteiger partial charge in [-0.25, -0.2) is 20.2 Å². The molecule has 0 aliphatic rings. The second kappa shape index (κ2) is 8.84. The molecule has 2 aromatic rings. The highest BCUT2D eigenvalue weighted by Crippen LogP contribution is 2.30. The molecule has 2 N–H and O–H groups in total. The Morgan fingerprint density at radius 1 is 0.786 bits per heavy atom. The summed E-state index contributed by atoms with van der Waals surface area (Å²) in [6, 6.07) is 7.79. The predicted octanol–water partition coefficient (Wildman–Crippen LogP) is 2.58. The van der Waals surface area contributed by atoms with Crippen molar-refractivity contribution in [3.05, 3.63) is 88.0 Å². The first-order valence-electron chi connectivity index (χ1n) is 7.30. The lowest BCUT2D eigenvalue weighted by Crippen LogP contribution is -2.35. The third-order valence-corrected chi connectivity index (χ3v) is 3.48. The molecule has 0 bridgehead atoms. The van der Waals surface area contributed by atoms with Crippen molar-refractivity contribution in [3.63, 3.8) is 0 Å². The molecule has 0 radical (unpaired) electrons. The van der Waals surface area contributed by atoms with Crippen molar-refractivity contribution in [1.29, 1.82) is 0 Å². The van der Waals surface area contributed by atoms with Gasteiger partial charge in [0, 0.05) is 12.1 Å². The van der Waals surface area contributed by atoms with Crippen LogP contribution in [0.4, 0.5) is 22.7 Å². The van der Waals surface area contributed by atoms with E-state index in [4.69, 9.17) is 5.73 Å². The van der Waals surface area contributed by atoms with Gasteiger partial charge < -0.3 is 5.73 Å². The van der Waals surface area contributed by atoms with Crippen molar-refractivity contribution < 1.29 is 19.9 Å². The zero-order valence-corrected chi connectivity index (χ0v) is 14.5. The summed E-state index contributed by atoms with van der Waals surface area (Å²) in [5, 5.41) is 39.2. The van der Waals surface area contributed by atoms with Crippen molar-refractivity contribution in [2.75, 3.05) is 10.9 Å². The molecule has 0 unspecified atom stereocenters. The first-order chi connectivity index (χ1) is 13.0. The van der Waals surface area contributed by atoms with Crippen molar-refractivity contribution >= 4 is 22.7 Å². The van der Waals surface area contributed by atoms with Gasteiger partial charge in [-0.05, 0) is 43.2 Å². The topological polar surface area (TPSA) is 202 Å². The number of nitro groups is 4. The number of rotatable bonds is 5. The Bertz CT molecular complexity index is 901. The standard InChI is InChI=1S/C8H9N3O4.C6H5N3O4/c1-6-3-4-8(5-7(6)2)9(10(12)13)11(14)15;7-6-4(8(10)11)2-1-3-5(6)9(12)13/h3-5H,1-2H3;1-3H,7H2. The van der Waals surface area contributed by atoms with Gasteiger partial charge in [0.25, 0.3) is 11.4 Å². The molecule has 0 spiro atoms. The van der Waals surface area contributed by atoms with Gasteiger partial charge >= 0.3 is 0 Å². The fourth-order valence-corrected chi connectivity index (χ4v) is 1.96. The van der Waals surface area contributed by atoms with E-state index < -0.39 is 37.0 Å². The summed E-state index contributed by atoms with van der Waals surface area (Å²) < 4.78 is 0. The third-order valence-electron chi connectivity index (χ3n) is 3.48. The number of para-hydroxylation sites is 1. The number of benzene rings is 2. The highest BCUT2D eigenvalue weighted by molar-refractivity contribution is 5.70. The minimum atomic E-state index is -1.07. The molecule has 0 amide bonds. The predicted molar refractivity (Wildman–Crippen MR) is 96.5 cm³/mol. The van der Waals surface area contributed by atoms with E-state index in [1.165, 1.54) is 18.2 Å². The van der Waals surface area contributed by atoms with Crippen LogP contribution in [0.25, 0.3) is 0 Å². The van der Waals surface area contributed by atoms with Crippen LogP contribution in [0, 0.1) is 54.3 Å². The molecule has 0 aromatic heterocycles. The average molecular weight is 394 g/mol. The Kier molecular flexibility index (Phi) is 6.84. The molecule has 14 heteroatoms. The Morgan fingerprint density at radius 3 is 1.61 bits per heavy atom. The summed E-state index contributed by atoms with van der Waals surface area (Å²) in [6.45, 7) is 3.55. The quantitative estimate of drug-likeness (QED) is 0.446. The number of nitro benzene ring substituents is 2. The molecule has 0 saturated heterocycles. The largest absolute Gasteiger partial charge is 0.388 e. The van der Waals surface area contributed by atoms with E-state index in [9.17, 15) is 40.5 Å². The number of aryl methyl sites for hydroxylation is 2. The molecule has 0 atom stereocenters. The average Bonchev–Trinajstić information content (AvgIpc) is 2.57. The zero-order valence-electron chi connectivity index (χ0n) is 14.5. The van der Waals surface area contributed by atoms with Crippen LogP contribution in [0.1, 0.15) is 11.1 Å². The SMILES string of the molecule is Cc1ccc(N([N+](=O)[O-])[N+](=O)[O-])cc1C.Nc1c([N+](=O)[O-])cccc1[N+](=O)[O-]. The monoisotopic (exact) mass is 394 g/mol. The Morgan fingerprint density at radius 2 is 1.25 bits per heavy atom. The van der Waals surface area contributed by atoms with E-state index >= 15 is 0 Å². The molecule has 2 rings (SSSR count). The van der Waals surface area contributed by atoms with Gasteiger partial charge in [0.2, 0.25) is 10.1 Å². The Balaban J connectivity index is 0.000000283. The fraction of sp³-hybridized carbons (Fsp3) is 0.143. The van der Waals surface area contributed by atoms with Crippen molar-refractivity contribution in [2.45, 2.75) is 13.8 Å². The lowest BCUT2D eigenvalue weighted by molar-refractivity contribution is -0.711. The molecule has 148 valence electrons. The van der Waals surface area contributed by atoms with Gasteiger partial charge in [-0.3, -0.25) is 20.2 Å². The van der Waals surface area contributed by atoms with Gasteiger partial charge in [0.15, 0.2) is 16.5 Å².